The minimum absolute atomic E-state index is 0.162. The Morgan fingerprint density at radius 1 is 1.33 bits per heavy atom. The minimum atomic E-state index is -0.370. The highest BCUT2D eigenvalue weighted by atomic mass is 35.5. The summed E-state index contributed by atoms with van der Waals surface area (Å²) in [5.74, 6) is 2.68. The first kappa shape index (κ1) is 14.7. The fourth-order valence-corrected chi connectivity index (χ4v) is 1.58. The van der Waals surface area contributed by atoms with Crippen LogP contribution in [0.4, 0.5) is 10.5 Å². The summed E-state index contributed by atoms with van der Waals surface area (Å²) >= 11 is 11.6. The lowest BCUT2D eigenvalue weighted by molar-refractivity contribution is 0.248. The summed E-state index contributed by atoms with van der Waals surface area (Å²) in [5.41, 5.74) is 0.557. The lowest BCUT2D eigenvalue weighted by Gasteiger charge is -2.17. The van der Waals surface area contributed by atoms with Crippen molar-refractivity contribution in [3.05, 3.63) is 28.2 Å². The molecule has 1 rings (SSSR count). The average molecular weight is 285 g/mol. The summed E-state index contributed by atoms with van der Waals surface area (Å²) in [6, 6.07) is 4.16. The lowest BCUT2D eigenvalue weighted by Crippen LogP contribution is -2.40. The van der Waals surface area contributed by atoms with Crippen LogP contribution < -0.4 is 10.6 Å². The smallest absolute Gasteiger partial charge is 0.320 e. The van der Waals surface area contributed by atoms with Gasteiger partial charge in [-0.3, -0.25) is 0 Å². The second-order valence-electron chi connectivity index (χ2n) is 4.12. The van der Waals surface area contributed by atoms with Gasteiger partial charge in [-0.1, -0.05) is 43.0 Å². The summed E-state index contributed by atoms with van der Waals surface area (Å²) < 4.78 is 0. The van der Waals surface area contributed by atoms with Crippen molar-refractivity contribution in [2.75, 3.05) is 5.32 Å². The Hall–Kier alpha value is -1.37. The molecule has 3 nitrogen and oxygen atoms in total. The van der Waals surface area contributed by atoms with Crippen molar-refractivity contribution in [2.45, 2.75) is 19.9 Å². The summed E-state index contributed by atoms with van der Waals surface area (Å²) in [5, 5.41) is 6.15. The predicted octanol–water partition coefficient (Wildman–Crippen LogP) is 3.77. The molecule has 0 aliphatic carbocycles. The second kappa shape index (κ2) is 6.53. The van der Waals surface area contributed by atoms with Gasteiger partial charge in [0.25, 0.3) is 0 Å². The topological polar surface area (TPSA) is 41.1 Å². The number of carbonyl (C=O) groups excluding carboxylic acids is 1. The Labute approximate surface area is 117 Å². The average Bonchev–Trinajstić information content (AvgIpc) is 2.30. The van der Waals surface area contributed by atoms with Crippen LogP contribution in [-0.4, -0.2) is 12.1 Å². The lowest BCUT2D eigenvalue weighted by atomic mass is 10.1. The van der Waals surface area contributed by atoms with Crippen molar-refractivity contribution in [3.8, 4) is 12.3 Å². The Morgan fingerprint density at radius 2 is 2.00 bits per heavy atom. The third-order valence-electron chi connectivity index (χ3n) is 2.31. The maximum atomic E-state index is 11.7. The molecule has 0 heterocycles. The van der Waals surface area contributed by atoms with Crippen LogP contribution >= 0.6 is 23.2 Å². The molecule has 0 radical (unpaired) electrons. The van der Waals surface area contributed by atoms with Crippen LogP contribution in [0.15, 0.2) is 18.2 Å². The molecule has 18 heavy (non-hydrogen) atoms. The molecule has 1 unspecified atom stereocenters. The highest BCUT2D eigenvalue weighted by molar-refractivity contribution is 6.42. The van der Waals surface area contributed by atoms with Gasteiger partial charge in [0.15, 0.2) is 0 Å². The van der Waals surface area contributed by atoms with E-state index in [9.17, 15) is 4.79 Å². The highest BCUT2D eigenvalue weighted by Crippen LogP contribution is 2.24. The Bertz CT molecular complexity index is 480. The predicted molar refractivity (Wildman–Crippen MR) is 76.1 cm³/mol. The van der Waals surface area contributed by atoms with Crippen LogP contribution in [0.5, 0.6) is 0 Å². The van der Waals surface area contributed by atoms with Gasteiger partial charge in [-0.2, -0.15) is 0 Å². The number of terminal acetylenes is 1. The maximum Gasteiger partial charge on any atom is 0.320 e. The van der Waals surface area contributed by atoms with Gasteiger partial charge >= 0.3 is 6.03 Å². The molecule has 2 N–H and O–H groups in total. The molecule has 5 heteroatoms. The first-order valence-corrected chi connectivity index (χ1v) is 6.18. The van der Waals surface area contributed by atoms with Crippen molar-refractivity contribution in [2.24, 2.45) is 5.92 Å². The van der Waals surface area contributed by atoms with E-state index in [1.807, 2.05) is 13.8 Å². The molecule has 0 saturated carbocycles. The maximum absolute atomic E-state index is 11.7. The zero-order chi connectivity index (χ0) is 13.7. The van der Waals surface area contributed by atoms with E-state index in [-0.39, 0.29) is 18.0 Å². The van der Waals surface area contributed by atoms with Crippen molar-refractivity contribution >= 4 is 34.9 Å². The Morgan fingerprint density at radius 3 is 2.50 bits per heavy atom. The van der Waals surface area contributed by atoms with Crippen molar-refractivity contribution in [1.82, 2.24) is 5.32 Å². The van der Waals surface area contributed by atoms with E-state index in [0.717, 1.165) is 0 Å². The van der Waals surface area contributed by atoms with Crippen LogP contribution in [-0.2, 0) is 0 Å². The van der Waals surface area contributed by atoms with E-state index in [2.05, 4.69) is 16.6 Å². The van der Waals surface area contributed by atoms with Crippen LogP contribution in [0.1, 0.15) is 13.8 Å². The van der Waals surface area contributed by atoms with E-state index in [1.165, 1.54) is 0 Å². The number of benzene rings is 1. The van der Waals surface area contributed by atoms with Gasteiger partial charge in [0, 0.05) is 5.69 Å². The monoisotopic (exact) mass is 284 g/mol. The molecule has 0 aromatic heterocycles. The number of anilines is 1. The van der Waals surface area contributed by atoms with E-state index in [0.29, 0.717) is 15.7 Å². The number of carbonyl (C=O) groups is 1. The largest absolute Gasteiger partial charge is 0.324 e. The number of nitrogens with one attached hydrogen (secondary N) is 2. The van der Waals surface area contributed by atoms with Gasteiger partial charge in [0.2, 0.25) is 0 Å². The fourth-order valence-electron chi connectivity index (χ4n) is 1.28. The first-order chi connectivity index (χ1) is 8.43. The standard InChI is InChI=1S/C13H14Cl2N2O/c1-4-12(8(2)3)17-13(18)16-9-5-6-10(14)11(15)7-9/h1,5-8,12H,2-3H3,(H2,16,17,18). The molecule has 2 amide bonds. The number of hydrogen-bond donors (Lipinski definition) is 2. The number of urea groups is 1. The summed E-state index contributed by atoms with van der Waals surface area (Å²) in [7, 11) is 0. The molecule has 0 aliphatic heterocycles. The quantitative estimate of drug-likeness (QED) is 0.815. The molecule has 1 aromatic rings. The zero-order valence-corrected chi connectivity index (χ0v) is 11.6. The number of rotatable bonds is 3. The molecule has 1 atom stereocenters. The second-order valence-corrected chi connectivity index (χ2v) is 4.93. The zero-order valence-electron chi connectivity index (χ0n) is 10.1. The molecular formula is C13H14Cl2N2O. The molecule has 0 bridgehead atoms. The summed E-state index contributed by atoms with van der Waals surface area (Å²) in [4.78, 5) is 11.7. The minimum Gasteiger partial charge on any atom is -0.324 e. The number of hydrogen-bond acceptors (Lipinski definition) is 1. The van der Waals surface area contributed by atoms with Crippen LogP contribution in [0, 0.1) is 18.3 Å². The van der Waals surface area contributed by atoms with E-state index >= 15 is 0 Å². The third-order valence-corrected chi connectivity index (χ3v) is 3.05. The third kappa shape index (κ3) is 4.14. The fraction of sp³-hybridized carbons (Fsp3) is 0.308. The van der Waals surface area contributed by atoms with E-state index in [4.69, 9.17) is 29.6 Å². The van der Waals surface area contributed by atoms with Crippen molar-refractivity contribution < 1.29 is 4.79 Å². The van der Waals surface area contributed by atoms with Gasteiger partial charge in [-0.05, 0) is 24.1 Å². The molecule has 0 aliphatic rings. The molecule has 96 valence electrons. The van der Waals surface area contributed by atoms with Crippen LogP contribution in [0.2, 0.25) is 10.0 Å². The van der Waals surface area contributed by atoms with Crippen molar-refractivity contribution in [3.63, 3.8) is 0 Å². The van der Waals surface area contributed by atoms with Gasteiger partial charge in [0.1, 0.15) is 0 Å². The van der Waals surface area contributed by atoms with E-state index < -0.39 is 0 Å². The summed E-state index contributed by atoms with van der Waals surface area (Å²) in [6.07, 6.45) is 5.33. The first-order valence-electron chi connectivity index (χ1n) is 5.42. The summed E-state index contributed by atoms with van der Waals surface area (Å²) in [6.45, 7) is 3.87. The van der Waals surface area contributed by atoms with Crippen molar-refractivity contribution in [1.29, 1.82) is 0 Å². The molecule has 0 fully saturated rings. The van der Waals surface area contributed by atoms with Gasteiger partial charge in [-0.25, -0.2) is 4.79 Å². The SMILES string of the molecule is C#CC(NC(=O)Nc1ccc(Cl)c(Cl)c1)C(C)C. The Kier molecular flexibility index (Phi) is 5.33. The van der Waals surface area contributed by atoms with Crippen LogP contribution in [0.25, 0.3) is 0 Å². The molecule has 0 spiro atoms. The number of halogens is 2. The molecule has 1 aromatic carbocycles. The van der Waals surface area contributed by atoms with Gasteiger partial charge in [-0.15, -0.1) is 6.42 Å². The molecule has 0 saturated heterocycles. The Balaban J connectivity index is 2.65. The van der Waals surface area contributed by atoms with Crippen LogP contribution in [0.3, 0.4) is 0 Å². The normalized spacial score (nSPS) is 11.8. The van der Waals surface area contributed by atoms with Gasteiger partial charge in [0.05, 0.1) is 16.1 Å². The van der Waals surface area contributed by atoms with Gasteiger partial charge < -0.3 is 10.6 Å². The number of amides is 2. The highest BCUT2D eigenvalue weighted by Gasteiger charge is 2.13. The van der Waals surface area contributed by atoms with E-state index in [1.54, 1.807) is 18.2 Å². The molecular weight excluding hydrogens is 271 g/mol.